The van der Waals surface area contributed by atoms with E-state index >= 15 is 0 Å². The van der Waals surface area contributed by atoms with Crippen molar-refractivity contribution in [2.24, 2.45) is 0 Å². The first-order valence-electron chi connectivity index (χ1n) is 8.73. The van der Waals surface area contributed by atoms with Crippen molar-refractivity contribution in [2.75, 3.05) is 14.2 Å². The molecule has 1 amide bonds. The molecule has 142 valence electrons. The first kappa shape index (κ1) is 18.6. The number of ether oxygens (including phenoxy) is 2. The minimum Gasteiger partial charge on any atom is -0.493 e. The van der Waals surface area contributed by atoms with E-state index in [-0.39, 0.29) is 18.3 Å². The van der Waals surface area contributed by atoms with Gasteiger partial charge in [-0.1, -0.05) is 12.1 Å². The van der Waals surface area contributed by atoms with Gasteiger partial charge in [-0.2, -0.15) is 5.10 Å². The van der Waals surface area contributed by atoms with Crippen LogP contribution in [0, 0.1) is 0 Å². The Labute approximate surface area is 158 Å². The number of benzene rings is 1. The maximum Gasteiger partial charge on any atom is 0.289 e. The lowest BCUT2D eigenvalue weighted by Crippen LogP contribution is -2.27. The summed E-state index contributed by atoms with van der Waals surface area (Å²) in [6.45, 7) is 3.44. The molecule has 0 spiro atoms. The van der Waals surface area contributed by atoms with Gasteiger partial charge in [0.25, 0.3) is 5.91 Å². The Bertz CT molecular complexity index is 900. The van der Waals surface area contributed by atoms with Crippen LogP contribution in [0.3, 0.4) is 0 Å². The number of carbonyl (C=O) groups is 1. The highest BCUT2D eigenvalue weighted by molar-refractivity contribution is 5.91. The second kappa shape index (κ2) is 8.44. The number of methoxy groups -OCH3 is 1. The first-order chi connectivity index (χ1) is 13.1. The summed E-state index contributed by atoms with van der Waals surface area (Å²) in [5, 5.41) is 4.22. The van der Waals surface area contributed by atoms with Gasteiger partial charge < -0.3 is 18.8 Å². The zero-order valence-electron chi connectivity index (χ0n) is 15.7. The van der Waals surface area contributed by atoms with Crippen LogP contribution in [-0.2, 0) is 19.7 Å². The van der Waals surface area contributed by atoms with E-state index in [1.807, 2.05) is 41.9 Å². The maximum absolute atomic E-state index is 12.6. The Morgan fingerprint density at radius 1 is 1.19 bits per heavy atom. The van der Waals surface area contributed by atoms with Crippen molar-refractivity contribution in [3.8, 4) is 11.5 Å². The van der Waals surface area contributed by atoms with Gasteiger partial charge >= 0.3 is 0 Å². The monoisotopic (exact) mass is 369 g/mol. The number of amides is 1. The fourth-order valence-electron chi connectivity index (χ4n) is 2.74. The van der Waals surface area contributed by atoms with Crippen LogP contribution in [0.2, 0.25) is 0 Å². The van der Waals surface area contributed by atoms with E-state index < -0.39 is 0 Å². The summed E-state index contributed by atoms with van der Waals surface area (Å²) in [6.07, 6.45) is 1.73. The Kier molecular flexibility index (Phi) is 5.80. The Morgan fingerprint density at radius 3 is 2.70 bits per heavy atom. The molecule has 0 unspecified atom stereocenters. The molecule has 2 heterocycles. The lowest BCUT2D eigenvalue weighted by Gasteiger charge is -2.16. The molecule has 0 atom stereocenters. The smallest absolute Gasteiger partial charge is 0.289 e. The molecule has 0 saturated carbocycles. The highest BCUT2D eigenvalue weighted by Crippen LogP contribution is 2.27. The van der Waals surface area contributed by atoms with E-state index in [1.165, 1.54) is 0 Å². The fraction of sp³-hybridized carbons (Fsp3) is 0.300. The topological polar surface area (TPSA) is 69.7 Å². The molecule has 0 aliphatic rings. The molecule has 2 aromatic heterocycles. The van der Waals surface area contributed by atoms with Crippen LogP contribution in [0.4, 0.5) is 0 Å². The summed E-state index contributed by atoms with van der Waals surface area (Å²) in [5.41, 5.74) is 0.972. The quantitative estimate of drug-likeness (QED) is 0.609. The third-order valence-electron chi connectivity index (χ3n) is 4.16. The van der Waals surface area contributed by atoms with Crippen LogP contribution >= 0.6 is 0 Å². The number of hydrogen-bond donors (Lipinski definition) is 0. The second-order valence-corrected chi connectivity index (χ2v) is 6.01. The molecule has 0 saturated heterocycles. The Hall–Kier alpha value is -3.22. The summed E-state index contributed by atoms with van der Waals surface area (Å²) in [6, 6.07) is 12.7. The number of carbonyl (C=O) groups excluding carboxylic acids is 1. The molecule has 0 bridgehead atoms. The fourth-order valence-corrected chi connectivity index (χ4v) is 2.74. The van der Waals surface area contributed by atoms with E-state index in [4.69, 9.17) is 13.9 Å². The summed E-state index contributed by atoms with van der Waals surface area (Å²) in [5.74, 6) is 1.92. The van der Waals surface area contributed by atoms with Gasteiger partial charge in [-0.15, -0.1) is 0 Å². The van der Waals surface area contributed by atoms with Crippen molar-refractivity contribution >= 4 is 5.91 Å². The number of aryl methyl sites for hydroxylation is 1. The molecular weight excluding hydrogens is 346 g/mol. The summed E-state index contributed by atoms with van der Waals surface area (Å²) in [4.78, 5) is 14.2. The molecular formula is C20H23N3O4. The number of aromatic nitrogens is 2. The summed E-state index contributed by atoms with van der Waals surface area (Å²) >= 11 is 0. The van der Waals surface area contributed by atoms with Crippen LogP contribution in [0.15, 0.2) is 53.1 Å². The minimum atomic E-state index is -0.192. The van der Waals surface area contributed by atoms with E-state index in [9.17, 15) is 4.79 Å². The van der Waals surface area contributed by atoms with Crippen molar-refractivity contribution in [3.05, 3.63) is 65.9 Å². The van der Waals surface area contributed by atoms with E-state index in [0.717, 1.165) is 12.2 Å². The largest absolute Gasteiger partial charge is 0.493 e. The third kappa shape index (κ3) is 4.31. The SMILES string of the molecule is CCn1nccc1CN(C)C(=O)c1ccc(COc2ccccc2OC)o1. The molecule has 0 aliphatic heterocycles. The molecule has 7 heteroatoms. The van der Waals surface area contributed by atoms with Crippen molar-refractivity contribution in [1.29, 1.82) is 0 Å². The van der Waals surface area contributed by atoms with Crippen molar-refractivity contribution in [1.82, 2.24) is 14.7 Å². The number of nitrogens with zero attached hydrogens (tertiary/aromatic N) is 3. The lowest BCUT2D eigenvalue weighted by atomic mass is 10.3. The van der Waals surface area contributed by atoms with Crippen LogP contribution in [0.25, 0.3) is 0 Å². The molecule has 0 N–H and O–H groups in total. The Balaban J connectivity index is 1.61. The zero-order chi connectivity index (χ0) is 19.2. The van der Waals surface area contributed by atoms with Crippen LogP contribution in [0.5, 0.6) is 11.5 Å². The lowest BCUT2D eigenvalue weighted by molar-refractivity contribution is 0.0745. The number of hydrogen-bond acceptors (Lipinski definition) is 5. The third-order valence-corrected chi connectivity index (χ3v) is 4.16. The number of furan rings is 1. The van der Waals surface area contributed by atoms with Gasteiger partial charge in [0.1, 0.15) is 12.4 Å². The highest BCUT2D eigenvalue weighted by atomic mass is 16.5. The minimum absolute atomic E-state index is 0.192. The average Bonchev–Trinajstić information content (AvgIpc) is 3.35. The van der Waals surface area contributed by atoms with Crippen molar-refractivity contribution in [2.45, 2.75) is 26.6 Å². The van der Waals surface area contributed by atoms with Crippen LogP contribution in [0.1, 0.15) is 28.9 Å². The maximum atomic E-state index is 12.6. The molecule has 0 aliphatic carbocycles. The van der Waals surface area contributed by atoms with Gasteiger partial charge in [-0.05, 0) is 37.3 Å². The van der Waals surface area contributed by atoms with Gasteiger partial charge in [0.2, 0.25) is 0 Å². The predicted molar refractivity (Wildman–Crippen MR) is 99.7 cm³/mol. The van der Waals surface area contributed by atoms with Gasteiger partial charge in [0, 0.05) is 19.8 Å². The average molecular weight is 369 g/mol. The first-order valence-corrected chi connectivity index (χ1v) is 8.73. The normalized spacial score (nSPS) is 10.6. The number of para-hydroxylation sites is 2. The standard InChI is InChI=1S/C20H23N3O4/c1-4-23-15(11-12-21-23)13-22(2)20(24)19-10-9-16(27-19)14-26-18-8-6-5-7-17(18)25-3/h5-12H,4,13-14H2,1-3H3. The Morgan fingerprint density at radius 2 is 1.96 bits per heavy atom. The molecule has 0 radical (unpaired) electrons. The van der Waals surface area contributed by atoms with Crippen molar-refractivity contribution < 1.29 is 18.7 Å². The predicted octanol–water partition coefficient (Wildman–Crippen LogP) is 3.36. The highest BCUT2D eigenvalue weighted by Gasteiger charge is 2.18. The molecule has 1 aromatic carbocycles. The van der Waals surface area contributed by atoms with Crippen molar-refractivity contribution in [3.63, 3.8) is 0 Å². The summed E-state index contributed by atoms with van der Waals surface area (Å²) < 4.78 is 18.5. The van der Waals surface area contributed by atoms with E-state index in [0.29, 0.717) is 23.8 Å². The molecule has 3 aromatic rings. The zero-order valence-corrected chi connectivity index (χ0v) is 15.7. The second-order valence-electron chi connectivity index (χ2n) is 6.01. The van der Waals surface area contributed by atoms with Gasteiger partial charge in [-0.25, -0.2) is 0 Å². The summed E-state index contributed by atoms with van der Waals surface area (Å²) in [7, 11) is 3.33. The molecule has 0 fully saturated rings. The molecule has 3 rings (SSSR count). The molecule has 7 nitrogen and oxygen atoms in total. The van der Waals surface area contributed by atoms with Crippen LogP contribution in [-0.4, -0.2) is 34.7 Å². The number of rotatable bonds is 8. The van der Waals surface area contributed by atoms with Gasteiger partial charge in [0.05, 0.1) is 19.3 Å². The van der Waals surface area contributed by atoms with Crippen LogP contribution < -0.4 is 9.47 Å². The van der Waals surface area contributed by atoms with Gasteiger partial charge in [-0.3, -0.25) is 9.48 Å². The molecule has 27 heavy (non-hydrogen) atoms. The van der Waals surface area contributed by atoms with Gasteiger partial charge in [0.15, 0.2) is 17.3 Å². The van der Waals surface area contributed by atoms with E-state index in [1.54, 1.807) is 37.4 Å². The van der Waals surface area contributed by atoms with E-state index in [2.05, 4.69) is 5.10 Å².